The zero-order valence-electron chi connectivity index (χ0n) is 13.6. The second kappa shape index (κ2) is 6.83. The van der Waals surface area contributed by atoms with Crippen LogP contribution in [0.5, 0.6) is 0 Å². The first-order chi connectivity index (χ1) is 11.1. The average molecular weight is 313 g/mol. The molecule has 0 saturated carbocycles. The number of rotatable bonds is 5. The Labute approximate surface area is 136 Å². The first-order valence-corrected chi connectivity index (χ1v) is 7.93. The first-order valence-electron chi connectivity index (χ1n) is 7.93. The van der Waals surface area contributed by atoms with Gasteiger partial charge in [-0.1, -0.05) is 6.07 Å². The smallest absolute Gasteiger partial charge is 0.159 e. The van der Waals surface area contributed by atoms with Gasteiger partial charge in [-0.25, -0.2) is 9.97 Å². The van der Waals surface area contributed by atoms with Gasteiger partial charge in [0.1, 0.15) is 12.0 Å². The zero-order chi connectivity index (χ0) is 16.2. The van der Waals surface area contributed by atoms with Crippen molar-refractivity contribution in [3.8, 4) is 0 Å². The van der Waals surface area contributed by atoms with E-state index in [0.29, 0.717) is 23.9 Å². The number of anilines is 4. The first kappa shape index (κ1) is 15.6. The second-order valence-electron chi connectivity index (χ2n) is 6.00. The molecule has 2 aromatic rings. The van der Waals surface area contributed by atoms with E-state index in [0.717, 1.165) is 25.1 Å². The SMILES string of the molecule is Cc1cc(C)cc(Nc2ncnc(NCC3CCCO3)c2N)c1. The summed E-state index contributed by atoms with van der Waals surface area (Å²) in [6, 6.07) is 6.26. The monoisotopic (exact) mass is 313 g/mol. The van der Waals surface area contributed by atoms with Crippen molar-refractivity contribution in [3.63, 3.8) is 0 Å². The lowest BCUT2D eigenvalue weighted by atomic mass is 10.1. The van der Waals surface area contributed by atoms with Crippen LogP contribution in [0, 0.1) is 13.8 Å². The Morgan fingerprint density at radius 3 is 2.61 bits per heavy atom. The summed E-state index contributed by atoms with van der Waals surface area (Å²) in [6.45, 7) is 5.68. The Hall–Kier alpha value is -2.34. The van der Waals surface area contributed by atoms with Crippen molar-refractivity contribution < 1.29 is 4.74 Å². The Kier molecular flexibility index (Phi) is 4.62. The highest BCUT2D eigenvalue weighted by atomic mass is 16.5. The third-order valence-electron chi connectivity index (χ3n) is 3.89. The number of nitrogens with two attached hydrogens (primary N) is 1. The highest BCUT2D eigenvalue weighted by Crippen LogP contribution is 2.27. The number of aromatic nitrogens is 2. The lowest BCUT2D eigenvalue weighted by Crippen LogP contribution is -2.20. The van der Waals surface area contributed by atoms with E-state index in [1.807, 2.05) is 0 Å². The van der Waals surface area contributed by atoms with Gasteiger partial charge < -0.3 is 21.1 Å². The molecule has 1 aliphatic rings. The normalized spacial score (nSPS) is 17.2. The molecule has 1 atom stereocenters. The quantitative estimate of drug-likeness (QED) is 0.787. The van der Waals surface area contributed by atoms with E-state index in [-0.39, 0.29) is 6.10 Å². The van der Waals surface area contributed by atoms with Gasteiger partial charge in [-0.3, -0.25) is 0 Å². The Morgan fingerprint density at radius 2 is 1.91 bits per heavy atom. The largest absolute Gasteiger partial charge is 0.393 e. The predicted molar refractivity (Wildman–Crippen MR) is 93.1 cm³/mol. The average Bonchev–Trinajstić information content (AvgIpc) is 3.00. The molecular weight excluding hydrogens is 290 g/mol. The minimum Gasteiger partial charge on any atom is -0.393 e. The van der Waals surface area contributed by atoms with Crippen LogP contribution < -0.4 is 16.4 Å². The number of benzene rings is 1. The van der Waals surface area contributed by atoms with Crippen LogP contribution in [-0.4, -0.2) is 29.2 Å². The zero-order valence-corrected chi connectivity index (χ0v) is 13.6. The minimum atomic E-state index is 0.236. The fraction of sp³-hybridized carbons (Fsp3) is 0.412. The fourth-order valence-electron chi connectivity index (χ4n) is 2.84. The minimum absolute atomic E-state index is 0.236. The molecule has 0 amide bonds. The summed E-state index contributed by atoms with van der Waals surface area (Å²) in [6.07, 6.45) is 3.94. The van der Waals surface area contributed by atoms with Crippen molar-refractivity contribution >= 4 is 23.0 Å². The summed E-state index contributed by atoms with van der Waals surface area (Å²) in [5.41, 5.74) is 10.1. The number of hydrogen-bond acceptors (Lipinski definition) is 6. The van der Waals surface area contributed by atoms with Crippen molar-refractivity contribution in [2.75, 3.05) is 29.5 Å². The van der Waals surface area contributed by atoms with Crippen LogP contribution in [0.3, 0.4) is 0 Å². The number of aryl methyl sites for hydroxylation is 2. The van der Waals surface area contributed by atoms with E-state index in [4.69, 9.17) is 10.5 Å². The van der Waals surface area contributed by atoms with Crippen molar-refractivity contribution in [2.45, 2.75) is 32.8 Å². The van der Waals surface area contributed by atoms with E-state index < -0.39 is 0 Å². The summed E-state index contributed by atoms with van der Waals surface area (Å²) >= 11 is 0. The van der Waals surface area contributed by atoms with Gasteiger partial charge in [0.25, 0.3) is 0 Å². The molecule has 1 aliphatic heterocycles. The maximum absolute atomic E-state index is 6.20. The number of nitrogens with one attached hydrogen (secondary N) is 2. The highest BCUT2D eigenvalue weighted by Gasteiger charge is 2.16. The summed E-state index contributed by atoms with van der Waals surface area (Å²) in [7, 11) is 0. The topological polar surface area (TPSA) is 85.1 Å². The van der Waals surface area contributed by atoms with Crippen molar-refractivity contribution in [1.82, 2.24) is 9.97 Å². The maximum atomic E-state index is 6.20. The van der Waals surface area contributed by atoms with E-state index in [9.17, 15) is 0 Å². The third kappa shape index (κ3) is 3.90. The molecule has 2 heterocycles. The van der Waals surface area contributed by atoms with E-state index in [1.54, 1.807) is 0 Å². The molecule has 6 nitrogen and oxygen atoms in total. The van der Waals surface area contributed by atoms with E-state index in [2.05, 4.69) is 52.6 Å². The fourth-order valence-corrected chi connectivity index (χ4v) is 2.84. The Balaban J connectivity index is 1.73. The van der Waals surface area contributed by atoms with E-state index in [1.165, 1.54) is 17.5 Å². The van der Waals surface area contributed by atoms with Crippen LogP contribution in [-0.2, 0) is 4.74 Å². The molecule has 1 aromatic carbocycles. The number of hydrogen-bond donors (Lipinski definition) is 3. The molecule has 0 bridgehead atoms. The summed E-state index contributed by atoms with van der Waals surface area (Å²) in [4.78, 5) is 8.49. The van der Waals surface area contributed by atoms with Gasteiger partial charge >= 0.3 is 0 Å². The van der Waals surface area contributed by atoms with Gasteiger partial charge in [-0.2, -0.15) is 0 Å². The molecule has 0 spiro atoms. The van der Waals surface area contributed by atoms with Crippen LogP contribution >= 0.6 is 0 Å². The molecule has 23 heavy (non-hydrogen) atoms. The van der Waals surface area contributed by atoms with Gasteiger partial charge in [0, 0.05) is 18.8 Å². The molecule has 1 unspecified atom stereocenters. The molecule has 3 rings (SSSR count). The van der Waals surface area contributed by atoms with Crippen molar-refractivity contribution in [2.24, 2.45) is 0 Å². The predicted octanol–water partition coefficient (Wildman–Crippen LogP) is 3.01. The molecule has 4 N–H and O–H groups in total. The molecule has 1 fully saturated rings. The standard InChI is InChI=1S/C17H23N5O/c1-11-6-12(2)8-13(7-11)22-17-15(18)16(20-10-21-17)19-9-14-4-3-5-23-14/h6-8,10,14H,3-5,9,18H2,1-2H3,(H2,19,20,21,22). The van der Waals surface area contributed by atoms with Crippen LogP contribution in [0.15, 0.2) is 24.5 Å². The highest BCUT2D eigenvalue weighted by molar-refractivity contribution is 5.77. The molecule has 1 saturated heterocycles. The lowest BCUT2D eigenvalue weighted by molar-refractivity contribution is 0.120. The van der Waals surface area contributed by atoms with Gasteiger partial charge in [0.15, 0.2) is 11.6 Å². The number of nitrogens with zero attached hydrogens (tertiary/aromatic N) is 2. The molecular formula is C17H23N5O. The maximum Gasteiger partial charge on any atom is 0.159 e. The summed E-state index contributed by atoms with van der Waals surface area (Å²) in [5, 5.41) is 6.54. The van der Waals surface area contributed by atoms with Gasteiger partial charge in [-0.05, 0) is 49.9 Å². The second-order valence-corrected chi connectivity index (χ2v) is 6.00. The third-order valence-corrected chi connectivity index (χ3v) is 3.89. The lowest BCUT2D eigenvalue weighted by Gasteiger charge is -2.15. The van der Waals surface area contributed by atoms with Gasteiger partial charge in [-0.15, -0.1) is 0 Å². The van der Waals surface area contributed by atoms with E-state index >= 15 is 0 Å². The summed E-state index contributed by atoms with van der Waals surface area (Å²) in [5.74, 6) is 1.25. The van der Waals surface area contributed by atoms with Crippen LogP contribution in [0.1, 0.15) is 24.0 Å². The van der Waals surface area contributed by atoms with Crippen LogP contribution in [0.25, 0.3) is 0 Å². The molecule has 6 heteroatoms. The molecule has 0 radical (unpaired) electrons. The van der Waals surface area contributed by atoms with Crippen molar-refractivity contribution in [1.29, 1.82) is 0 Å². The van der Waals surface area contributed by atoms with Gasteiger partial charge in [0.2, 0.25) is 0 Å². The molecule has 1 aromatic heterocycles. The van der Waals surface area contributed by atoms with Crippen molar-refractivity contribution in [3.05, 3.63) is 35.7 Å². The number of ether oxygens (including phenoxy) is 1. The number of nitrogen functional groups attached to an aromatic ring is 1. The Bertz CT molecular complexity index is 662. The summed E-state index contributed by atoms with van der Waals surface area (Å²) < 4.78 is 5.60. The van der Waals surface area contributed by atoms with Crippen LogP contribution in [0.2, 0.25) is 0 Å². The molecule has 122 valence electrons. The van der Waals surface area contributed by atoms with Crippen LogP contribution in [0.4, 0.5) is 23.0 Å². The molecule has 0 aliphatic carbocycles. The van der Waals surface area contributed by atoms with Gasteiger partial charge in [0.05, 0.1) is 6.10 Å². The Morgan fingerprint density at radius 1 is 1.17 bits per heavy atom.